The molecule has 1 aliphatic heterocycles. The third kappa shape index (κ3) is 3.90. The molecule has 0 spiro atoms. The van der Waals surface area contributed by atoms with Crippen molar-refractivity contribution in [1.82, 2.24) is 5.32 Å². The fraction of sp³-hybridized carbons (Fsp3) is 0.174. The highest BCUT2D eigenvalue weighted by Crippen LogP contribution is 2.39. The fourth-order valence-corrected chi connectivity index (χ4v) is 3.63. The summed E-state index contributed by atoms with van der Waals surface area (Å²) in [5.41, 5.74) is 1.87. The Morgan fingerprint density at radius 1 is 0.900 bits per heavy atom. The minimum atomic E-state index is -0.918. The first-order valence-electron chi connectivity index (χ1n) is 9.48. The van der Waals surface area contributed by atoms with E-state index in [1.54, 1.807) is 17.0 Å². The number of aliphatic hydroxyl groups is 1. The number of carbonyl (C=O) groups is 1. The first kappa shape index (κ1) is 20.0. The Morgan fingerprint density at radius 2 is 1.47 bits per heavy atom. The number of halogens is 2. The second-order valence-corrected chi connectivity index (χ2v) is 7.17. The van der Waals surface area contributed by atoms with Crippen molar-refractivity contribution in [3.8, 4) is 5.75 Å². The number of amides is 1. The topological polar surface area (TPSA) is 72.8 Å². The van der Waals surface area contributed by atoms with Crippen molar-refractivity contribution in [3.05, 3.63) is 95.6 Å². The Balaban J connectivity index is 1.55. The van der Waals surface area contributed by atoms with Gasteiger partial charge in [-0.1, -0.05) is 24.3 Å². The molecule has 3 aromatic carbocycles. The highest BCUT2D eigenvalue weighted by atomic mass is 19.1. The molecule has 2 unspecified atom stereocenters. The SMILES string of the molecule is O=C1C(NC[C@H](O)c2ccc(F)cc2)C(c2ccc(O)cc2)N1c1ccc(F)cc1. The molecule has 1 aliphatic rings. The van der Waals surface area contributed by atoms with Gasteiger partial charge in [0.05, 0.1) is 12.1 Å². The molecular weight excluding hydrogens is 390 g/mol. The van der Waals surface area contributed by atoms with Gasteiger partial charge in [-0.15, -0.1) is 0 Å². The average Bonchev–Trinajstić information content (AvgIpc) is 2.74. The molecule has 0 bridgehead atoms. The highest BCUT2D eigenvalue weighted by molar-refractivity contribution is 6.05. The van der Waals surface area contributed by atoms with E-state index >= 15 is 0 Å². The van der Waals surface area contributed by atoms with E-state index < -0.39 is 29.8 Å². The number of aliphatic hydroxyl groups excluding tert-OH is 1. The summed E-state index contributed by atoms with van der Waals surface area (Å²) in [6.07, 6.45) is -0.918. The molecule has 4 rings (SSSR count). The highest BCUT2D eigenvalue weighted by Gasteiger charge is 2.48. The molecule has 0 saturated carbocycles. The molecule has 3 aromatic rings. The Bertz CT molecular complexity index is 1020. The second-order valence-electron chi connectivity index (χ2n) is 7.17. The van der Waals surface area contributed by atoms with Gasteiger partial charge in [-0.25, -0.2) is 8.78 Å². The zero-order valence-electron chi connectivity index (χ0n) is 15.9. The van der Waals surface area contributed by atoms with Gasteiger partial charge in [0, 0.05) is 12.2 Å². The molecular formula is C23H20F2N2O3. The average molecular weight is 410 g/mol. The van der Waals surface area contributed by atoms with Crippen LogP contribution in [0.25, 0.3) is 0 Å². The lowest BCUT2D eigenvalue weighted by Gasteiger charge is -2.48. The van der Waals surface area contributed by atoms with E-state index in [-0.39, 0.29) is 18.2 Å². The normalized spacial score (nSPS) is 19.4. The van der Waals surface area contributed by atoms with Gasteiger partial charge in [0.2, 0.25) is 5.91 Å². The lowest BCUT2D eigenvalue weighted by atomic mass is 9.87. The number of phenols is 1. The molecule has 1 heterocycles. The summed E-state index contributed by atoms with van der Waals surface area (Å²) >= 11 is 0. The lowest BCUT2D eigenvalue weighted by molar-refractivity contribution is -0.127. The van der Waals surface area contributed by atoms with Gasteiger partial charge in [-0.2, -0.15) is 0 Å². The number of phenolic OH excluding ortho intramolecular Hbond substituents is 1. The number of carbonyl (C=O) groups excluding carboxylic acids is 1. The van der Waals surface area contributed by atoms with Gasteiger partial charge in [0.1, 0.15) is 23.4 Å². The van der Waals surface area contributed by atoms with Crippen LogP contribution < -0.4 is 10.2 Å². The van der Waals surface area contributed by atoms with Crippen molar-refractivity contribution in [1.29, 1.82) is 0 Å². The number of nitrogens with one attached hydrogen (secondary N) is 1. The van der Waals surface area contributed by atoms with Crippen molar-refractivity contribution < 1.29 is 23.8 Å². The number of hydrogen-bond acceptors (Lipinski definition) is 4. The molecule has 1 amide bonds. The van der Waals surface area contributed by atoms with Crippen LogP contribution in [-0.2, 0) is 4.79 Å². The Hall–Kier alpha value is -3.29. The first-order valence-corrected chi connectivity index (χ1v) is 9.48. The quantitative estimate of drug-likeness (QED) is 0.545. The second kappa shape index (κ2) is 8.22. The fourth-order valence-electron chi connectivity index (χ4n) is 3.63. The molecule has 5 nitrogen and oxygen atoms in total. The van der Waals surface area contributed by atoms with Crippen LogP contribution in [0.5, 0.6) is 5.75 Å². The summed E-state index contributed by atoms with van der Waals surface area (Å²) in [4.78, 5) is 14.4. The summed E-state index contributed by atoms with van der Waals surface area (Å²) in [6, 6.07) is 16.6. The number of hydrogen-bond donors (Lipinski definition) is 3. The van der Waals surface area contributed by atoms with E-state index in [0.717, 1.165) is 5.56 Å². The van der Waals surface area contributed by atoms with Gasteiger partial charge in [0.25, 0.3) is 0 Å². The van der Waals surface area contributed by atoms with Crippen LogP contribution in [0.15, 0.2) is 72.8 Å². The zero-order valence-corrected chi connectivity index (χ0v) is 15.9. The third-order valence-electron chi connectivity index (χ3n) is 5.22. The van der Waals surface area contributed by atoms with Crippen molar-refractivity contribution >= 4 is 11.6 Å². The molecule has 0 aromatic heterocycles. The molecule has 3 atom stereocenters. The van der Waals surface area contributed by atoms with Crippen LogP contribution in [0.4, 0.5) is 14.5 Å². The maximum absolute atomic E-state index is 13.3. The maximum atomic E-state index is 13.3. The van der Waals surface area contributed by atoms with E-state index in [4.69, 9.17) is 0 Å². The van der Waals surface area contributed by atoms with Crippen molar-refractivity contribution in [3.63, 3.8) is 0 Å². The van der Waals surface area contributed by atoms with Crippen molar-refractivity contribution in [2.45, 2.75) is 18.2 Å². The standard InChI is InChI=1S/C23H20F2N2O3/c24-16-5-1-14(2-6-16)20(29)13-26-21-22(15-3-11-19(28)12-4-15)27(23(21)30)18-9-7-17(25)8-10-18/h1-12,20-22,26,28-29H,13H2/t20-,21?,22?/m0/s1. The van der Waals surface area contributed by atoms with E-state index in [1.165, 1.54) is 60.7 Å². The van der Waals surface area contributed by atoms with E-state index in [2.05, 4.69) is 5.32 Å². The summed E-state index contributed by atoms with van der Waals surface area (Å²) in [6.45, 7) is 0.0912. The van der Waals surface area contributed by atoms with Crippen LogP contribution in [-0.4, -0.2) is 28.7 Å². The number of nitrogens with zero attached hydrogens (tertiary/aromatic N) is 1. The number of benzene rings is 3. The van der Waals surface area contributed by atoms with Crippen LogP contribution in [0.2, 0.25) is 0 Å². The van der Waals surface area contributed by atoms with E-state index in [0.29, 0.717) is 11.3 Å². The predicted octanol–water partition coefficient (Wildman–Crippen LogP) is 3.45. The van der Waals surface area contributed by atoms with Crippen LogP contribution >= 0.6 is 0 Å². The molecule has 30 heavy (non-hydrogen) atoms. The van der Waals surface area contributed by atoms with Gasteiger partial charge in [0.15, 0.2) is 0 Å². The molecule has 3 N–H and O–H groups in total. The largest absolute Gasteiger partial charge is 0.508 e. The van der Waals surface area contributed by atoms with Gasteiger partial charge in [-0.3, -0.25) is 4.79 Å². The molecule has 1 fully saturated rings. The Kier molecular flexibility index (Phi) is 5.48. The Morgan fingerprint density at radius 3 is 2.07 bits per heavy atom. The molecule has 0 radical (unpaired) electrons. The smallest absolute Gasteiger partial charge is 0.247 e. The van der Waals surface area contributed by atoms with Crippen LogP contribution in [0.3, 0.4) is 0 Å². The number of aromatic hydroxyl groups is 1. The van der Waals surface area contributed by atoms with E-state index in [9.17, 15) is 23.8 Å². The number of anilines is 1. The number of β-lactam (4-membered cyclic amide) rings is 1. The van der Waals surface area contributed by atoms with Gasteiger partial charge >= 0.3 is 0 Å². The van der Waals surface area contributed by atoms with Gasteiger partial charge in [-0.05, 0) is 59.7 Å². The third-order valence-corrected chi connectivity index (χ3v) is 5.22. The van der Waals surface area contributed by atoms with Gasteiger partial charge < -0.3 is 20.4 Å². The molecule has 7 heteroatoms. The summed E-state index contributed by atoms with van der Waals surface area (Å²) < 4.78 is 26.4. The van der Waals surface area contributed by atoms with Crippen molar-refractivity contribution in [2.75, 3.05) is 11.4 Å². The number of rotatable bonds is 6. The molecule has 154 valence electrons. The predicted molar refractivity (Wildman–Crippen MR) is 108 cm³/mol. The van der Waals surface area contributed by atoms with Crippen molar-refractivity contribution in [2.24, 2.45) is 0 Å². The molecule has 1 saturated heterocycles. The van der Waals surface area contributed by atoms with Crippen LogP contribution in [0.1, 0.15) is 23.3 Å². The summed E-state index contributed by atoms with van der Waals surface area (Å²) in [5, 5.41) is 23.1. The van der Waals surface area contributed by atoms with Crippen LogP contribution in [0, 0.1) is 11.6 Å². The monoisotopic (exact) mass is 410 g/mol. The summed E-state index contributed by atoms with van der Waals surface area (Å²) in [7, 11) is 0. The minimum absolute atomic E-state index is 0.0912. The zero-order chi connectivity index (χ0) is 21.3. The summed E-state index contributed by atoms with van der Waals surface area (Å²) in [5.74, 6) is -0.902. The van der Waals surface area contributed by atoms with E-state index in [1.807, 2.05) is 0 Å². The Labute approximate surface area is 172 Å². The first-order chi connectivity index (χ1) is 14.4. The maximum Gasteiger partial charge on any atom is 0.247 e. The molecule has 0 aliphatic carbocycles. The minimum Gasteiger partial charge on any atom is -0.508 e. The lowest BCUT2D eigenvalue weighted by Crippen LogP contribution is -2.65.